The lowest BCUT2D eigenvalue weighted by atomic mass is 10.1. The van der Waals surface area contributed by atoms with Crippen LogP contribution in [0.25, 0.3) is 6.08 Å². The number of urea groups is 1. The van der Waals surface area contributed by atoms with Gasteiger partial charge < -0.3 is 10.6 Å². The van der Waals surface area contributed by atoms with Crippen LogP contribution < -0.4 is 10.6 Å². The predicted octanol–water partition coefficient (Wildman–Crippen LogP) is 3.65. The summed E-state index contributed by atoms with van der Waals surface area (Å²) in [6.45, 7) is 2.61. The molecule has 0 spiro atoms. The molecule has 0 heterocycles. The van der Waals surface area contributed by atoms with Crippen molar-refractivity contribution in [3.63, 3.8) is 0 Å². The molecule has 114 valence electrons. The molecule has 0 fully saturated rings. The van der Waals surface area contributed by atoms with Crippen molar-refractivity contribution in [2.75, 3.05) is 6.54 Å². The first kappa shape index (κ1) is 15.8. The molecular formula is C18H19FN2O. The average Bonchev–Trinajstić information content (AvgIpc) is 2.49. The number of hydrogen-bond donors (Lipinski definition) is 2. The van der Waals surface area contributed by atoms with Crippen molar-refractivity contribution in [3.8, 4) is 0 Å². The van der Waals surface area contributed by atoms with Crippen LogP contribution in [0, 0.1) is 12.7 Å². The van der Waals surface area contributed by atoms with Crippen LogP contribution >= 0.6 is 0 Å². The third-order valence-electron chi connectivity index (χ3n) is 3.28. The molecule has 2 aromatic rings. The third kappa shape index (κ3) is 5.05. The van der Waals surface area contributed by atoms with Gasteiger partial charge in [0.15, 0.2) is 0 Å². The monoisotopic (exact) mass is 298 g/mol. The lowest BCUT2D eigenvalue weighted by Crippen LogP contribution is -2.33. The fourth-order valence-electron chi connectivity index (χ4n) is 2.08. The molecule has 2 N–H and O–H groups in total. The lowest BCUT2D eigenvalue weighted by Gasteiger charge is -2.07. The van der Waals surface area contributed by atoms with Crippen LogP contribution in [-0.2, 0) is 6.42 Å². The Balaban J connectivity index is 1.73. The van der Waals surface area contributed by atoms with Gasteiger partial charge in [0, 0.05) is 12.7 Å². The second kappa shape index (κ2) is 7.98. The van der Waals surface area contributed by atoms with Crippen molar-refractivity contribution < 1.29 is 9.18 Å². The number of nitrogens with one attached hydrogen (secondary N) is 2. The Bertz CT molecular complexity index is 668. The number of halogens is 1. The van der Waals surface area contributed by atoms with E-state index in [-0.39, 0.29) is 11.8 Å². The van der Waals surface area contributed by atoms with E-state index in [1.165, 1.54) is 29.5 Å². The van der Waals surface area contributed by atoms with E-state index in [4.69, 9.17) is 0 Å². The van der Waals surface area contributed by atoms with E-state index in [0.717, 1.165) is 6.42 Å². The molecule has 4 heteroatoms. The van der Waals surface area contributed by atoms with Gasteiger partial charge in [0.2, 0.25) is 0 Å². The first-order valence-corrected chi connectivity index (χ1v) is 7.16. The Hall–Kier alpha value is -2.62. The molecule has 2 aromatic carbocycles. The summed E-state index contributed by atoms with van der Waals surface area (Å²) in [6.07, 6.45) is 3.93. The number of rotatable bonds is 5. The van der Waals surface area contributed by atoms with E-state index in [9.17, 15) is 9.18 Å². The molecule has 0 radical (unpaired) electrons. The summed E-state index contributed by atoms with van der Waals surface area (Å²) >= 11 is 0. The van der Waals surface area contributed by atoms with Crippen molar-refractivity contribution >= 4 is 12.1 Å². The summed E-state index contributed by atoms with van der Waals surface area (Å²) < 4.78 is 13.0. The number of carbonyl (C=O) groups is 1. The highest BCUT2D eigenvalue weighted by molar-refractivity contribution is 5.75. The second-order valence-corrected chi connectivity index (χ2v) is 4.97. The van der Waals surface area contributed by atoms with Crippen LogP contribution in [0.5, 0.6) is 0 Å². The molecule has 0 saturated carbocycles. The number of aryl methyl sites for hydroxylation is 1. The fourth-order valence-corrected chi connectivity index (χ4v) is 2.08. The highest BCUT2D eigenvalue weighted by Gasteiger charge is 1.99. The topological polar surface area (TPSA) is 41.1 Å². The van der Waals surface area contributed by atoms with Crippen LogP contribution in [0.3, 0.4) is 0 Å². The standard InChI is InChI=1S/C18H19FN2O/c1-14-5-2-3-7-16(14)10-12-21-18(22)20-11-9-15-6-4-8-17(19)13-15/h2-9,11,13H,10,12H2,1H3,(H2,20,21,22)/b11-9+. The molecule has 0 aliphatic carbocycles. The molecule has 0 aromatic heterocycles. The Morgan fingerprint density at radius 1 is 1.18 bits per heavy atom. The van der Waals surface area contributed by atoms with Gasteiger partial charge in [0.25, 0.3) is 0 Å². The zero-order valence-corrected chi connectivity index (χ0v) is 12.5. The van der Waals surface area contributed by atoms with E-state index >= 15 is 0 Å². The Kier molecular flexibility index (Phi) is 5.72. The lowest BCUT2D eigenvalue weighted by molar-refractivity contribution is 0.244. The molecule has 0 aliphatic heterocycles. The zero-order valence-electron chi connectivity index (χ0n) is 12.5. The molecule has 0 unspecified atom stereocenters. The Labute approximate surface area is 129 Å². The Morgan fingerprint density at radius 2 is 2.00 bits per heavy atom. The smallest absolute Gasteiger partial charge is 0.318 e. The second-order valence-electron chi connectivity index (χ2n) is 4.97. The van der Waals surface area contributed by atoms with Crippen molar-refractivity contribution in [3.05, 3.63) is 77.2 Å². The molecular weight excluding hydrogens is 279 g/mol. The average molecular weight is 298 g/mol. The van der Waals surface area contributed by atoms with Gasteiger partial charge in [-0.3, -0.25) is 0 Å². The van der Waals surface area contributed by atoms with E-state index < -0.39 is 0 Å². The van der Waals surface area contributed by atoms with E-state index in [1.807, 2.05) is 12.1 Å². The molecule has 0 saturated heterocycles. The Morgan fingerprint density at radius 3 is 2.77 bits per heavy atom. The third-order valence-corrected chi connectivity index (χ3v) is 3.28. The molecule has 0 bridgehead atoms. The summed E-state index contributed by atoms with van der Waals surface area (Å²) in [5.74, 6) is -0.301. The maximum Gasteiger partial charge on any atom is 0.318 e. The van der Waals surface area contributed by atoms with Crippen LogP contribution in [0.1, 0.15) is 16.7 Å². The van der Waals surface area contributed by atoms with Gasteiger partial charge in [-0.25, -0.2) is 9.18 Å². The summed E-state index contributed by atoms with van der Waals surface area (Å²) in [6, 6.07) is 14.0. The normalized spacial score (nSPS) is 10.6. The van der Waals surface area contributed by atoms with Crippen LogP contribution in [0.15, 0.2) is 54.7 Å². The molecule has 2 amide bonds. The maximum absolute atomic E-state index is 13.0. The van der Waals surface area contributed by atoms with Gasteiger partial charge in [0.05, 0.1) is 0 Å². The highest BCUT2D eigenvalue weighted by atomic mass is 19.1. The number of hydrogen-bond acceptors (Lipinski definition) is 1. The highest BCUT2D eigenvalue weighted by Crippen LogP contribution is 2.07. The minimum Gasteiger partial charge on any atom is -0.338 e. The van der Waals surface area contributed by atoms with Gasteiger partial charge in [-0.1, -0.05) is 36.4 Å². The first-order valence-electron chi connectivity index (χ1n) is 7.16. The first-order chi connectivity index (χ1) is 10.6. The van der Waals surface area contributed by atoms with Gasteiger partial charge in [-0.05, 0) is 48.2 Å². The predicted molar refractivity (Wildman–Crippen MR) is 86.9 cm³/mol. The molecule has 0 aliphatic rings. The van der Waals surface area contributed by atoms with E-state index in [2.05, 4.69) is 29.7 Å². The molecule has 3 nitrogen and oxygen atoms in total. The number of benzene rings is 2. The molecule has 0 atom stereocenters. The van der Waals surface area contributed by atoms with Gasteiger partial charge >= 0.3 is 6.03 Å². The number of carbonyl (C=O) groups excluding carboxylic acids is 1. The van der Waals surface area contributed by atoms with Gasteiger partial charge in [-0.15, -0.1) is 0 Å². The minimum absolute atomic E-state index is 0.277. The zero-order chi connectivity index (χ0) is 15.8. The quantitative estimate of drug-likeness (QED) is 0.869. The van der Waals surface area contributed by atoms with Gasteiger partial charge in [-0.2, -0.15) is 0 Å². The number of amides is 2. The largest absolute Gasteiger partial charge is 0.338 e. The van der Waals surface area contributed by atoms with E-state index in [0.29, 0.717) is 12.1 Å². The van der Waals surface area contributed by atoms with Crippen LogP contribution in [0.4, 0.5) is 9.18 Å². The van der Waals surface area contributed by atoms with Crippen LogP contribution in [0.2, 0.25) is 0 Å². The molecule has 2 rings (SSSR count). The van der Waals surface area contributed by atoms with Crippen molar-refractivity contribution in [1.82, 2.24) is 10.6 Å². The van der Waals surface area contributed by atoms with E-state index in [1.54, 1.807) is 18.2 Å². The summed E-state index contributed by atoms with van der Waals surface area (Å²) in [5, 5.41) is 5.38. The van der Waals surface area contributed by atoms with Crippen molar-refractivity contribution in [2.24, 2.45) is 0 Å². The van der Waals surface area contributed by atoms with Gasteiger partial charge in [0.1, 0.15) is 5.82 Å². The summed E-state index contributed by atoms with van der Waals surface area (Å²) in [7, 11) is 0. The van der Waals surface area contributed by atoms with Crippen molar-refractivity contribution in [1.29, 1.82) is 0 Å². The van der Waals surface area contributed by atoms with Crippen LogP contribution in [-0.4, -0.2) is 12.6 Å². The summed E-state index contributed by atoms with van der Waals surface area (Å²) in [5.41, 5.74) is 3.13. The SMILES string of the molecule is Cc1ccccc1CCNC(=O)N/C=C/c1cccc(F)c1. The minimum atomic E-state index is -0.301. The summed E-state index contributed by atoms with van der Waals surface area (Å²) in [4.78, 5) is 11.6. The van der Waals surface area contributed by atoms with Crippen molar-refractivity contribution in [2.45, 2.75) is 13.3 Å². The maximum atomic E-state index is 13.0. The fraction of sp³-hybridized carbons (Fsp3) is 0.167. The molecule has 22 heavy (non-hydrogen) atoms.